The average molecular weight is 589 g/mol. The highest BCUT2D eigenvalue weighted by Crippen LogP contribution is 2.70. The van der Waals surface area contributed by atoms with Gasteiger partial charge in [-0.2, -0.15) is 0 Å². The molecule has 1 saturated carbocycles. The maximum Gasteiger partial charge on any atom is 0.341 e. The van der Waals surface area contributed by atoms with E-state index in [0.29, 0.717) is 12.8 Å². The topological polar surface area (TPSA) is 155 Å². The fourth-order valence-electron chi connectivity index (χ4n) is 9.92. The van der Waals surface area contributed by atoms with E-state index >= 15 is 0 Å². The van der Waals surface area contributed by atoms with Gasteiger partial charge in [-0.3, -0.25) is 14.4 Å². The number of fused-ring (bicyclic) bond motifs is 2. The van der Waals surface area contributed by atoms with E-state index in [0.717, 1.165) is 11.1 Å². The van der Waals surface area contributed by atoms with E-state index in [1.807, 2.05) is 20.8 Å². The summed E-state index contributed by atoms with van der Waals surface area (Å²) in [4.78, 5) is 54.2. The Morgan fingerprint density at radius 2 is 1.79 bits per heavy atom. The van der Waals surface area contributed by atoms with Gasteiger partial charge in [0, 0.05) is 29.6 Å². The summed E-state index contributed by atoms with van der Waals surface area (Å²) in [5.41, 5.74) is -3.49. The molecule has 0 amide bonds. The molecule has 0 aromatic heterocycles. The number of aliphatic hydroxyl groups excluding tert-OH is 1. The molecule has 7 rings (SSSR count). The largest absolute Gasteiger partial charge is 0.466 e. The predicted molar refractivity (Wildman–Crippen MR) is 141 cm³/mol. The summed E-state index contributed by atoms with van der Waals surface area (Å²) in [7, 11) is 0. The van der Waals surface area contributed by atoms with Gasteiger partial charge < -0.3 is 33.9 Å². The van der Waals surface area contributed by atoms with E-state index in [9.17, 15) is 29.4 Å². The standard InChI is InChI=1S/C31H40O11/c1-7-38-18(33)11-17-14-12-30-9-8-28(5)22-19(13(2)23(28)34)21-25(29(6,37)26(36)39-21)41-31(22,42-30)24(35)20(30)16(32)10-15(14)27(3,4)40-17/h13,16-17,19-22,25,32,37H,7-12H2,1-6H3. The molecule has 230 valence electrons. The minimum Gasteiger partial charge on any atom is -0.466 e. The smallest absolute Gasteiger partial charge is 0.341 e. The van der Waals surface area contributed by atoms with Crippen LogP contribution in [0.1, 0.15) is 73.6 Å². The number of esters is 2. The van der Waals surface area contributed by atoms with Crippen molar-refractivity contribution in [2.45, 2.75) is 121 Å². The molecule has 2 bridgehead atoms. The SMILES string of the molecule is CCOC(=O)CC1OC(C)(C)C2=C1CC13CCC4(C)C(=O)C(C)C5C6OC(=O)C(C)(O)C6OC(O1)(C(=O)C3C(O)C2)C54. The normalized spacial score (nSPS) is 51.8. The van der Waals surface area contributed by atoms with E-state index in [-0.39, 0.29) is 31.7 Å². The van der Waals surface area contributed by atoms with Gasteiger partial charge in [0.05, 0.1) is 42.4 Å². The Labute approximate surface area is 244 Å². The van der Waals surface area contributed by atoms with E-state index in [4.69, 9.17) is 23.7 Å². The van der Waals surface area contributed by atoms with Crippen molar-refractivity contribution in [2.75, 3.05) is 6.61 Å². The summed E-state index contributed by atoms with van der Waals surface area (Å²) in [6, 6.07) is 0. The Morgan fingerprint density at radius 3 is 2.48 bits per heavy atom. The van der Waals surface area contributed by atoms with Gasteiger partial charge in [-0.25, -0.2) is 4.79 Å². The zero-order chi connectivity index (χ0) is 30.4. The summed E-state index contributed by atoms with van der Waals surface area (Å²) >= 11 is 0. The molecule has 5 heterocycles. The molecule has 12 atom stereocenters. The third-order valence-electron chi connectivity index (χ3n) is 11.7. The number of carbonyl (C=O) groups is 4. The van der Waals surface area contributed by atoms with Crippen LogP contribution < -0.4 is 0 Å². The van der Waals surface area contributed by atoms with Gasteiger partial charge in [0.1, 0.15) is 18.0 Å². The number of hydrogen-bond acceptors (Lipinski definition) is 11. The van der Waals surface area contributed by atoms with E-state index < -0.39 is 93.8 Å². The molecule has 2 N–H and O–H groups in total. The third kappa shape index (κ3) is 3.29. The Bertz CT molecular complexity index is 1330. The lowest BCUT2D eigenvalue weighted by Gasteiger charge is -2.50. The minimum absolute atomic E-state index is 0.0208. The molecule has 11 nitrogen and oxygen atoms in total. The summed E-state index contributed by atoms with van der Waals surface area (Å²) in [5.74, 6) is -6.71. The first kappa shape index (κ1) is 28.6. The van der Waals surface area contributed by atoms with Crippen LogP contribution in [-0.4, -0.2) is 87.3 Å². The molecular formula is C31H40O11. The van der Waals surface area contributed by atoms with Crippen LogP contribution in [0.25, 0.3) is 0 Å². The van der Waals surface area contributed by atoms with Crippen LogP contribution in [0.4, 0.5) is 0 Å². The van der Waals surface area contributed by atoms with E-state index in [1.165, 1.54) is 6.92 Å². The number of hydrogen-bond donors (Lipinski definition) is 2. The van der Waals surface area contributed by atoms with Gasteiger partial charge in [0.15, 0.2) is 5.60 Å². The molecule has 11 heteroatoms. The molecule has 0 radical (unpaired) electrons. The van der Waals surface area contributed by atoms with Gasteiger partial charge in [0.25, 0.3) is 0 Å². The van der Waals surface area contributed by atoms with Crippen molar-refractivity contribution in [2.24, 2.45) is 29.1 Å². The van der Waals surface area contributed by atoms with Gasteiger partial charge in [0.2, 0.25) is 11.6 Å². The van der Waals surface area contributed by atoms with Crippen molar-refractivity contribution in [3.8, 4) is 0 Å². The maximum absolute atomic E-state index is 14.8. The first-order chi connectivity index (χ1) is 19.5. The van der Waals surface area contributed by atoms with E-state index in [2.05, 4.69) is 0 Å². The lowest BCUT2D eigenvalue weighted by atomic mass is 9.60. The van der Waals surface area contributed by atoms with Crippen molar-refractivity contribution in [3.05, 3.63) is 11.1 Å². The third-order valence-corrected chi connectivity index (χ3v) is 11.7. The lowest BCUT2D eigenvalue weighted by molar-refractivity contribution is -0.336. The molecule has 42 heavy (non-hydrogen) atoms. The molecular weight excluding hydrogens is 548 g/mol. The average Bonchev–Trinajstić information content (AvgIpc) is 3.36. The predicted octanol–water partition coefficient (Wildman–Crippen LogP) is 1.55. The summed E-state index contributed by atoms with van der Waals surface area (Å²) in [5, 5.41) is 23.0. The molecule has 0 aromatic carbocycles. The Hall–Kier alpha value is -2.18. The first-order valence-corrected chi connectivity index (χ1v) is 15.2. The molecule has 0 aromatic rings. The lowest BCUT2D eigenvalue weighted by Crippen LogP contribution is -2.66. The maximum atomic E-state index is 14.8. The number of rotatable bonds is 3. The molecule has 12 unspecified atom stereocenters. The van der Waals surface area contributed by atoms with Crippen molar-refractivity contribution in [3.63, 3.8) is 0 Å². The number of Topliss-reactive ketones (excluding diaryl/α,β-unsaturated/α-hetero) is 2. The molecule has 5 aliphatic heterocycles. The van der Waals surface area contributed by atoms with Gasteiger partial charge in [-0.05, 0) is 58.1 Å². The Morgan fingerprint density at radius 1 is 1.07 bits per heavy atom. The zero-order valence-corrected chi connectivity index (χ0v) is 24.9. The second kappa shape index (κ2) is 8.50. The summed E-state index contributed by atoms with van der Waals surface area (Å²) < 4.78 is 30.7. The molecule has 2 spiro atoms. The molecule has 2 aliphatic carbocycles. The summed E-state index contributed by atoms with van der Waals surface area (Å²) in [6.45, 7) is 10.6. The van der Waals surface area contributed by atoms with Crippen molar-refractivity contribution in [1.82, 2.24) is 0 Å². The monoisotopic (exact) mass is 588 g/mol. The highest BCUT2D eigenvalue weighted by Gasteiger charge is 2.82. The van der Waals surface area contributed by atoms with Crippen molar-refractivity contribution in [1.29, 1.82) is 0 Å². The van der Waals surface area contributed by atoms with Crippen LogP contribution >= 0.6 is 0 Å². The van der Waals surface area contributed by atoms with Crippen molar-refractivity contribution < 1.29 is 53.1 Å². The Balaban J connectivity index is 1.37. The van der Waals surface area contributed by atoms with Gasteiger partial charge in [-0.15, -0.1) is 0 Å². The first-order valence-electron chi connectivity index (χ1n) is 15.2. The highest BCUT2D eigenvalue weighted by molar-refractivity contribution is 5.98. The van der Waals surface area contributed by atoms with Gasteiger partial charge >= 0.3 is 11.9 Å². The van der Waals surface area contributed by atoms with Crippen LogP contribution in [0.2, 0.25) is 0 Å². The number of carbonyl (C=O) groups excluding carboxylic acids is 4. The molecule has 5 fully saturated rings. The fraction of sp³-hybridized carbons (Fsp3) is 0.806. The second-order valence-corrected chi connectivity index (χ2v) is 14.4. The quantitative estimate of drug-likeness (QED) is 0.364. The van der Waals surface area contributed by atoms with Gasteiger partial charge in [-0.1, -0.05) is 13.8 Å². The number of ether oxygens (including phenoxy) is 5. The van der Waals surface area contributed by atoms with Crippen LogP contribution in [-0.2, 0) is 42.9 Å². The number of ketones is 2. The van der Waals surface area contributed by atoms with E-state index in [1.54, 1.807) is 13.8 Å². The molecule has 7 aliphatic rings. The van der Waals surface area contributed by atoms with Crippen LogP contribution in [0.15, 0.2) is 11.1 Å². The Kier molecular flexibility index (Phi) is 5.79. The molecule has 4 saturated heterocycles. The fourth-order valence-corrected chi connectivity index (χ4v) is 9.92. The van der Waals surface area contributed by atoms with Crippen LogP contribution in [0, 0.1) is 29.1 Å². The number of aliphatic hydroxyl groups is 2. The summed E-state index contributed by atoms with van der Waals surface area (Å²) in [6.07, 6.45) is -2.94. The zero-order valence-electron chi connectivity index (χ0n) is 24.9. The minimum atomic E-state index is -2.05. The highest BCUT2D eigenvalue weighted by atomic mass is 16.7. The van der Waals surface area contributed by atoms with Crippen molar-refractivity contribution >= 4 is 23.5 Å². The second-order valence-electron chi connectivity index (χ2n) is 14.4. The van der Waals surface area contributed by atoms with Crippen LogP contribution in [0.5, 0.6) is 0 Å². The van der Waals surface area contributed by atoms with Crippen LogP contribution in [0.3, 0.4) is 0 Å².